The molecule has 0 radical (unpaired) electrons. The average molecular weight is 696 g/mol. The van der Waals surface area contributed by atoms with Crippen LogP contribution in [0.4, 0.5) is 0 Å². The SMILES string of the molecule is CC1CC(NC(=O)C(Cc2ccccc2)NC(=O)C(N)Cc2ccccc2)C(=O)N1C(CCCCN)C(=O)N1C2CC1CN(S(C)(=O)=O)C2. The van der Waals surface area contributed by atoms with Gasteiger partial charge in [0.15, 0.2) is 0 Å². The number of unbranched alkanes of at least 4 members (excludes halogenated alkanes) is 1. The summed E-state index contributed by atoms with van der Waals surface area (Å²) in [5.41, 5.74) is 13.7. The van der Waals surface area contributed by atoms with E-state index in [-0.39, 0.29) is 49.5 Å². The summed E-state index contributed by atoms with van der Waals surface area (Å²) in [7, 11) is -3.38. The maximum Gasteiger partial charge on any atom is 0.246 e. The van der Waals surface area contributed by atoms with Crippen molar-refractivity contribution in [1.29, 1.82) is 0 Å². The molecule has 7 atom stereocenters. The Hall–Kier alpha value is -3.85. The highest BCUT2D eigenvalue weighted by atomic mass is 32.2. The summed E-state index contributed by atoms with van der Waals surface area (Å²) in [6.07, 6.45) is 4.40. The van der Waals surface area contributed by atoms with Crippen molar-refractivity contribution in [2.75, 3.05) is 25.9 Å². The predicted octanol–water partition coefficient (Wildman–Crippen LogP) is 0.132. The number of hydrogen-bond acceptors (Lipinski definition) is 8. The number of piperazine rings is 1. The molecule has 0 saturated carbocycles. The molecule has 266 valence electrons. The summed E-state index contributed by atoms with van der Waals surface area (Å²) < 4.78 is 25.7. The number of carbonyl (C=O) groups excluding carboxylic acids is 4. The van der Waals surface area contributed by atoms with Gasteiger partial charge in [-0.1, -0.05) is 60.7 Å². The van der Waals surface area contributed by atoms with Crippen molar-refractivity contribution in [2.24, 2.45) is 11.5 Å². The molecular weight excluding hydrogens is 646 g/mol. The predicted molar refractivity (Wildman–Crippen MR) is 185 cm³/mol. The fourth-order valence-corrected chi connectivity index (χ4v) is 8.23. The van der Waals surface area contributed by atoms with Crippen molar-refractivity contribution in [1.82, 2.24) is 24.7 Å². The molecule has 2 aromatic rings. The van der Waals surface area contributed by atoms with Gasteiger partial charge in [0.1, 0.15) is 18.1 Å². The summed E-state index contributed by atoms with van der Waals surface area (Å²) in [5.74, 6) is -1.55. The highest BCUT2D eigenvalue weighted by Gasteiger charge is 2.53. The van der Waals surface area contributed by atoms with Crippen LogP contribution < -0.4 is 22.1 Å². The van der Waals surface area contributed by atoms with E-state index in [0.717, 1.165) is 17.5 Å². The number of carbonyl (C=O) groups is 4. The van der Waals surface area contributed by atoms with Gasteiger partial charge in [0.05, 0.1) is 12.3 Å². The molecular formula is C35H49N7O6S. The minimum atomic E-state index is -3.38. The lowest BCUT2D eigenvalue weighted by Gasteiger charge is -2.56. The number of rotatable bonds is 15. The number of benzene rings is 2. The fourth-order valence-electron chi connectivity index (χ4n) is 7.34. The van der Waals surface area contributed by atoms with E-state index in [1.54, 1.807) is 9.80 Å². The first-order valence-corrected chi connectivity index (χ1v) is 19.0. The zero-order valence-corrected chi connectivity index (χ0v) is 29.1. The molecule has 3 aliphatic rings. The second-order valence-electron chi connectivity index (χ2n) is 13.6. The van der Waals surface area contributed by atoms with Crippen LogP contribution >= 0.6 is 0 Å². The van der Waals surface area contributed by atoms with Gasteiger partial charge in [-0.2, -0.15) is 4.31 Å². The normalized spacial score (nSPS) is 24.1. The Morgan fingerprint density at radius 3 is 2.06 bits per heavy atom. The van der Waals surface area contributed by atoms with Crippen LogP contribution in [0.1, 0.15) is 50.2 Å². The van der Waals surface area contributed by atoms with Gasteiger partial charge in [-0.3, -0.25) is 19.2 Å². The van der Waals surface area contributed by atoms with Crippen molar-refractivity contribution >= 4 is 33.7 Å². The Morgan fingerprint density at radius 1 is 0.898 bits per heavy atom. The van der Waals surface area contributed by atoms with Crippen LogP contribution in [0, 0.1) is 0 Å². The van der Waals surface area contributed by atoms with Gasteiger partial charge >= 0.3 is 0 Å². The van der Waals surface area contributed by atoms with Gasteiger partial charge in [-0.05, 0) is 63.1 Å². The van der Waals surface area contributed by atoms with Crippen LogP contribution in [0.3, 0.4) is 0 Å². The number of piperidine rings is 1. The highest BCUT2D eigenvalue weighted by molar-refractivity contribution is 7.88. The molecule has 3 aliphatic heterocycles. The van der Waals surface area contributed by atoms with E-state index in [4.69, 9.17) is 11.5 Å². The molecule has 2 bridgehead atoms. The third-order valence-corrected chi connectivity index (χ3v) is 11.1. The third kappa shape index (κ3) is 8.66. The number of amides is 4. The van der Waals surface area contributed by atoms with Crippen LogP contribution in [0.2, 0.25) is 0 Å². The molecule has 3 saturated heterocycles. The Morgan fingerprint density at radius 2 is 1.49 bits per heavy atom. The maximum absolute atomic E-state index is 14.1. The van der Waals surface area contributed by atoms with Crippen LogP contribution in [0.5, 0.6) is 0 Å². The molecule has 49 heavy (non-hydrogen) atoms. The molecule has 3 fully saturated rings. The van der Waals surface area contributed by atoms with Crippen LogP contribution in [-0.2, 0) is 42.0 Å². The Bertz CT molecular complexity index is 1580. The van der Waals surface area contributed by atoms with Gasteiger partial charge in [0.25, 0.3) is 0 Å². The molecule has 6 N–H and O–H groups in total. The van der Waals surface area contributed by atoms with Gasteiger partial charge in [-0.25, -0.2) is 8.42 Å². The van der Waals surface area contributed by atoms with Gasteiger partial charge < -0.3 is 31.9 Å². The summed E-state index contributed by atoms with van der Waals surface area (Å²) in [6, 6.07) is 14.3. The van der Waals surface area contributed by atoms with E-state index in [1.807, 2.05) is 67.6 Å². The largest absolute Gasteiger partial charge is 0.343 e. The molecule has 0 spiro atoms. The lowest BCUT2D eigenvalue weighted by atomic mass is 9.87. The molecule has 13 nitrogen and oxygen atoms in total. The van der Waals surface area contributed by atoms with E-state index in [2.05, 4.69) is 10.6 Å². The van der Waals surface area contributed by atoms with E-state index in [9.17, 15) is 27.6 Å². The van der Waals surface area contributed by atoms with E-state index >= 15 is 0 Å². The van der Waals surface area contributed by atoms with E-state index in [1.165, 1.54) is 10.6 Å². The Labute approximate surface area is 288 Å². The second kappa shape index (κ2) is 15.8. The van der Waals surface area contributed by atoms with Crippen LogP contribution in [-0.4, -0.2) is 114 Å². The van der Waals surface area contributed by atoms with E-state index < -0.39 is 46.0 Å². The second-order valence-corrected chi connectivity index (χ2v) is 15.6. The van der Waals surface area contributed by atoms with Crippen molar-refractivity contribution in [3.05, 3.63) is 71.8 Å². The Balaban J connectivity index is 1.29. The summed E-state index contributed by atoms with van der Waals surface area (Å²) >= 11 is 0. The summed E-state index contributed by atoms with van der Waals surface area (Å²) in [5, 5.41) is 5.70. The topological polar surface area (TPSA) is 188 Å². The number of nitrogens with zero attached hydrogens (tertiary/aromatic N) is 3. The van der Waals surface area contributed by atoms with Crippen LogP contribution in [0.15, 0.2) is 60.7 Å². The minimum absolute atomic E-state index is 0.194. The van der Waals surface area contributed by atoms with Crippen molar-refractivity contribution in [2.45, 2.75) is 94.2 Å². The zero-order chi connectivity index (χ0) is 35.3. The van der Waals surface area contributed by atoms with Gasteiger partial charge in [0, 0.05) is 37.6 Å². The number of sulfonamides is 1. The van der Waals surface area contributed by atoms with Crippen molar-refractivity contribution in [3.8, 4) is 0 Å². The van der Waals surface area contributed by atoms with Crippen molar-refractivity contribution in [3.63, 3.8) is 0 Å². The number of nitrogens with two attached hydrogens (primary N) is 2. The fraction of sp³-hybridized carbons (Fsp3) is 0.543. The first-order chi connectivity index (χ1) is 23.4. The number of likely N-dealkylation sites (tertiary alicyclic amines) is 2. The quantitative estimate of drug-likeness (QED) is 0.189. The lowest BCUT2D eigenvalue weighted by Crippen LogP contribution is -2.73. The number of hydrogen-bond donors (Lipinski definition) is 4. The molecule has 2 aromatic carbocycles. The highest BCUT2D eigenvalue weighted by Crippen LogP contribution is 2.36. The first-order valence-electron chi connectivity index (χ1n) is 17.1. The number of fused-ring (bicyclic) bond motifs is 2. The smallest absolute Gasteiger partial charge is 0.246 e. The van der Waals surface area contributed by atoms with E-state index in [0.29, 0.717) is 38.6 Å². The number of nitrogens with one attached hydrogen (secondary N) is 2. The summed E-state index contributed by atoms with van der Waals surface area (Å²) in [6.45, 7) is 2.79. The van der Waals surface area contributed by atoms with Crippen LogP contribution in [0.25, 0.3) is 0 Å². The molecule has 5 rings (SSSR count). The molecule has 4 amide bonds. The Kier molecular flexibility index (Phi) is 11.7. The molecule has 0 aromatic heterocycles. The first kappa shape index (κ1) is 36.4. The van der Waals surface area contributed by atoms with Crippen molar-refractivity contribution < 1.29 is 27.6 Å². The van der Waals surface area contributed by atoms with Gasteiger partial charge in [-0.15, -0.1) is 0 Å². The third-order valence-electron chi connectivity index (χ3n) is 9.91. The molecule has 14 heteroatoms. The molecule has 3 heterocycles. The average Bonchev–Trinajstić information content (AvgIpc) is 3.34. The lowest BCUT2D eigenvalue weighted by molar-refractivity contribution is -0.160. The monoisotopic (exact) mass is 695 g/mol. The van der Waals surface area contributed by atoms with Gasteiger partial charge in [0.2, 0.25) is 33.7 Å². The standard InChI is InChI=1S/C35H49N7O6S/c1-23-17-30(34(45)41(23)31(15-9-10-16-36)35(46)42-26-20-27(42)22-40(21-26)49(2,47)48)39-33(44)29(19-25-13-7-4-8-14-25)38-32(43)28(37)18-24-11-5-3-6-12-24/h3-8,11-14,23,26-31H,9-10,15-22,36-37H2,1-2H3,(H,38,43)(H,39,44). The minimum Gasteiger partial charge on any atom is -0.343 e. The maximum atomic E-state index is 14.1. The zero-order valence-electron chi connectivity index (χ0n) is 28.2. The summed E-state index contributed by atoms with van der Waals surface area (Å²) in [4.78, 5) is 58.5. The molecule has 0 aliphatic carbocycles. The molecule has 7 unspecified atom stereocenters.